The molecule has 0 bridgehead atoms. The fourth-order valence-corrected chi connectivity index (χ4v) is 14.2. The summed E-state index contributed by atoms with van der Waals surface area (Å²) < 4.78 is 53.3. The molecule has 0 aliphatic heterocycles. The number of aliphatic hydroxyl groups is 2. The van der Waals surface area contributed by atoms with Gasteiger partial charge in [0.25, 0.3) is 0 Å². The number of pyridine rings is 6. The van der Waals surface area contributed by atoms with Crippen LogP contribution in [0.25, 0.3) is 11.1 Å². The average molecular weight is 2060 g/mol. The number of methoxy groups -OCH3 is 3. The minimum atomic E-state index is -0.477. The lowest BCUT2D eigenvalue weighted by Crippen LogP contribution is -2.23. The fraction of sp³-hybridized carbons (Fsp3) is 0.376. The van der Waals surface area contributed by atoms with Gasteiger partial charge in [0, 0.05) is 127 Å². The van der Waals surface area contributed by atoms with Crippen LogP contribution in [0, 0.1) is 20.8 Å². The lowest BCUT2D eigenvalue weighted by Gasteiger charge is -2.19. The zero-order chi connectivity index (χ0) is 98.0. The Hall–Kier alpha value is -12.9. The molecule has 38 nitrogen and oxygen atoms in total. The van der Waals surface area contributed by atoms with Crippen LogP contribution in [-0.4, -0.2) is 166 Å². The summed E-state index contributed by atoms with van der Waals surface area (Å²) in [5, 5.41) is 29.3. The predicted octanol–water partition coefficient (Wildman–Crippen LogP) is 19.5. The van der Waals surface area contributed by atoms with Gasteiger partial charge in [-0.2, -0.15) is 15.0 Å². The lowest BCUT2D eigenvalue weighted by atomic mass is 9.98. The van der Waals surface area contributed by atoms with Crippen molar-refractivity contribution >= 4 is 123 Å². The molecule has 42 heteroatoms. The van der Waals surface area contributed by atoms with Gasteiger partial charge in [-0.25, -0.2) is 74.8 Å². The maximum Gasteiger partial charge on any atom is 0.222 e. The number of nitrogens with one attached hydrogen (secondary N) is 3. The van der Waals surface area contributed by atoms with Crippen LogP contribution in [0.5, 0.6) is 80.8 Å². The third-order valence-corrected chi connectivity index (χ3v) is 22.2. The van der Waals surface area contributed by atoms with Gasteiger partial charge in [0.15, 0.2) is 69.4 Å². The van der Waals surface area contributed by atoms with Crippen molar-refractivity contribution in [2.75, 3.05) is 104 Å². The van der Waals surface area contributed by atoms with Crippen LogP contribution >= 0.6 is 59.6 Å². The lowest BCUT2D eigenvalue weighted by molar-refractivity contribution is 0.183. The predicted molar refractivity (Wildman–Crippen MR) is 537 cm³/mol. The molecule has 1 unspecified atom stereocenters. The highest BCUT2D eigenvalue weighted by Crippen LogP contribution is 2.45. The Morgan fingerprint density at radius 1 is 0.481 bits per heavy atom. The molecule has 2 aliphatic rings. The maximum atomic E-state index is 9.73. The summed E-state index contributed by atoms with van der Waals surface area (Å²) in [5.41, 5.74) is 42.6. The number of anilines is 9. The van der Waals surface area contributed by atoms with Gasteiger partial charge in [-0.05, 0) is 162 Å². The standard InChI is InChI=1S/2C16H22BrN5O2.C16H20N4O2.C16H18N4O2.C15H20BrN5O2.C14H16N4OS/c1-4-10(8-23)21-15-13(7-20-16(18)22-15)24-12-5-14(17)19-6-11(12)9(2)3;1-4-10(23)6-20-15-13(8-21-16(18)22-15)24-12-5-14(17)19-7-11(12)9(2)3;2*1-10-18-9-14(16(17)20-10)22-13-7-15(21-2)19-8-12(13)11-5-3-4-6-11;1-9(2)10-7-19-13(16)6-11(10)23-12-8-20-15(17)21-14(12)18-4-5-22-3;1-8(2)10-6-17-13(20-4)5-11(10)19-12-7-16-9(3)18-14(12)15/h5-7,9-10,23H,4,8H2,1-3H3,(H3,18,20,21,22);5,7-10,23H,4,6H2,1-3H3,(H3,18,20,21,22);7-9,11H,3-6H2,1-2H3,(H2,17,18,20);5,7-9H,3-4,6H2,1-2H3,(H2,17,18,20);6-9H,4-5H2,1-3H3,(H3,17,18,20,21);5-7H,1H2,2-4H3,(H2,15,16,18)/t10-;;;;;/m0...../s1. The second-order valence-corrected chi connectivity index (χ2v) is 34.7. The number of thioether (sulfide) groups is 1. The molecule has 1 fully saturated rings. The number of aryl methyl sites for hydroxylation is 3. The second-order valence-electron chi connectivity index (χ2n) is 31.4. The van der Waals surface area contributed by atoms with Crippen LogP contribution in [0.1, 0.15) is 195 Å². The van der Waals surface area contributed by atoms with Crippen LogP contribution in [0.2, 0.25) is 0 Å². The van der Waals surface area contributed by atoms with Crippen molar-refractivity contribution in [3.63, 3.8) is 0 Å². The summed E-state index contributed by atoms with van der Waals surface area (Å²) in [6.45, 7) is 28.9. The molecular formula is C93H118Br3N27O11S. The molecule has 0 aromatic carbocycles. The normalized spacial score (nSPS) is 12.4. The quantitative estimate of drug-likeness (QED) is 0.0103. The zero-order valence-corrected chi connectivity index (χ0v) is 84.0. The number of nitrogens with two attached hydrogens (primary N) is 6. The van der Waals surface area contributed by atoms with Gasteiger partial charge < -0.3 is 103 Å². The first-order valence-corrected chi connectivity index (χ1v) is 47.0. The highest BCUT2D eigenvalue weighted by Gasteiger charge is 2.26. The van der Waals surface area contributed by atoms with Crippen molar-refractivity contribution in [2.45, 2.75) is 182 Å². The molecule has 0 radical (unpaired) electrons. The fourth-order valence-electron chi connectivity index (χ4n) is 12.9. The Balaban J connectivity index is 0.000000182. The van der Waals surface area contributed by atoms with Gasteiger partial charge in [0.05, 0.1) is 81.8 Å². The van der Waals surface area contributed by atoms with E-state index in [1.807, 2.05) is 45.4 Å². The molecule has 12 aromatic heterocycles. The van der Waals surface area contributed by atoms with E-state index < -0.39 is 6.10 Å². The molecule has 12 heterocycles. The Labute approximate surface area is 815 Å². The number of nitrogens with zero attached hydrogens (tertiary/aromatic N) is 18. The largest absolute Gasteiger partial charge is 0.481 e. The Morgan fingerprint density at radius 3 is 1.33 bits per heavy atom. The van der Waals surface area contributed by atoms with Crippen molar-refractivity contribution in [2.24, 2.45) is 0 Å². The van der Waals surface area contributed by atoms with Crippen LogP contribution < -0.4 is 88.2 Å². The number of aromatic nitrogens is 18. The minimum absolute atomic E-state index is 0.0160. The molecular weight excluding hydrogens is 1940 g/mol. The number of hydrogen-bond acceptors (Lipinski definition) is 39. The number of rotatable bonds is 33. The monoisotopic (exact) mass is 2060 g/mol. The van der Waals surface area contributed by atoms with Crippen molar-refractivity contribution in [3.8, 4) is 80.8 Å². The molecule has 0 spiro atoms. The smallest absolute Gasteiger partial charge is 0.222 e. The SMILES string of the molecule is C=C(C)c1cnc(SC)cc1Oc1cnc(C)nc1N.CCC(O)CNc1nc(N)ncc1Oc1cc(Br)ncc1C(C)C.CC[C@@H](CO)Nc1nc(N)ncc1Oc1cc(Br)ncc1C(C)C.COCCNc1nc(N)ncc1Oc1cc(Br)ncc1C(C)C.COc1cc(Oc2cnc(C)nc2N)c(C2=CCCC2)cn1.COc1cc(Oc2cnc(C)nc2N)c(C2CCCC2)cn1. The Bertz CT molecular complexity index is 5950. The van der Waals surface area contributed by atoms with E-state index >= 15 is 0 Å². The van der Waals surface area contributed by atoms with E-state index in [2.05, 4.69) is 208 Å². The summed E-state index contributed by atoms with van der Waals surface area (Å²) in [6.07, 6.45) is 33.1. The van der Waals surface area contributed by atoms with E-state index in [4.69, 9.17) is 77.0 Å². The third-order valence-electron chi connectivity index (χ3n) is 20.3. The summed E-state index contributed by atoms with van der Waals surface area (Å²) in [5.74, 6) is 13.6. The van der Waals surface area contributed by atoms with Gasteiger partial charge >= 0.3 is 0 Å². The van der Waals surface area contributed by atoms with Gasteiger partial charge in [-0.3, -0.25) is 0 Å². The molecule has 1 saturated carbocycles. The minimum Gasteiger partial charge on any atom is -0.481 e. The molecule has 14 rings (SSSR count). The van der Waals surface area contributed by atoms with E-state index in [1.54, 1.807) is 122 Å². The first kappa shape index (κ1) is 106. The van der Waals surface area contributed by atoms with E-state index in [-0.39, 0.29) is 48.2 Å². The molecule has 2 atom stereocenters. The van der Waals surface area contributed by atoms with Crippen LogP contribution in [-0.2, 0) is 4.74 Å². The first-order chi connectivity index (χ1) is 64.7. The van der Waals surface area contributed by atoms with E-state index in [1.165, 1.54) is 42.6 Å². The van der Waals surface area contributed by atoms with Gasteiger partial charge in [0.2, 0.25) is 29.6 Å². The van der Waals surface area contributed by atoms with E-state index in [0.29, 0.717) is 173 Å². The van der Waals surface area contributed by atoms with Crippen molar-refractivity contribution < 1.29 is 52.8 Å². The molecule has 0 saturated heterocycles. The highest BCUT2D eigenvalue weighted by atomic mass is 79.9. The molecule has 718 valence electrons. The summed E-state index contributed by atoms with van der Waals surface area (Å²) >= 11 is 11.6. The van der Waals surface area contributed by atoms with Crippen LogP contribution in [0.4, 0.5) is 52.8 Å². The molecule has 0 amide bonds. The maximum absolute atomic E-state index is 9.73. The summed E-state index contributed by atoms with van der Waals surface area (Å²) in [4.78, 5) is 74.9. The number of aliphatic hydroxyl groups excluding tert-OH is 2. The Morgan fingerprint density at radius 2 is 0.911 bits per heavy atom. The number of ether oxygens (including phenoxy) is 9. The van der Waals surface area contributed by atoms with Gasteiger partial charge in [-0.15, -0.1) is 11.8 Å². The second kappa shape index (κ2) is 52.7. The Kier molecular flexibility index (Phi) is 41.3. The molecule has 17 N–H and O–H groups in total. The van der Waals surface area contributed by atoms with Crippen LogP contribution in [0.3, 0.4) is 0 Å². The van der Waals surface area contributed by atoms with Crippen LogP contribution in [0.15, 0.2) is 142 Å². The van der Waals surface area contributed by atoms with Gasteiger partial charge in [0.1, 0.15) is 65.8 Å². The number of halogens is 3. The number of allylic oxidation sites excluding steroid dienone is 3. The molecule has 2 aliphatic carbocycles. The first-order valence-electron chi connectivity index (χ1n) is 43.4. The average Bonchev–Trinajstić information content (AvgIpc) is 1.65. The zero-order valence-electron chi connectivity index (χ0n) is 78.5. The summed E-state index contributed by atoms with van der Waals surface area (Å²) in [7, 11) is 4.80. The molecule has 135 heavy (non-hydrogen) atoms. The highest BCUT2D eigenvalue weighted by molar-refractivity contribution is 9.11. The van der Waals surface area contributed by atoms with Crippen molar-refractivity contribution in [1.29, 1.82) is 0 Å². The van der Waals surface area contributed by atoms with E-state index in [9.17, 15) is 10.2 Å². The van der Waals surface area contributed by atoms with Crippen molar-refractivity contribution in [3.05, 3.63) is 188 Å². The third kappa shape index (κ3) is 32.2. The van der Waals surface area contributed by atoms with Gasteiger partial charge in [-0.1, -0.05) is 80.9 Å². The number of nitrogen functional groups attached to an aromatic ring is 6. The van der Waals surface area contributed by atoms with E-state index in [0.717, 1.165) is 88.3 Å². The van der Waals surface area contributed by atoms with Crippen molar-refractivity contribution in [1.82, 2.24) is 89.7 Å². The topological polar surface area (TPSA) is 548 Å². The molecule has 12 aromatic rings. The summed E-state index contributed by atoms with van der Waals surface area (Å²) in [6, 6.07) is 10.7. The number of hydrogen-bond donors (Lipinski definition) is 11.